The maximum atomic E-state index is 10.9. The van der Waals surface area contributed by atoms with Gasteiger partial charge >= 0.3 is 0 Å². The van der Waals surface area contributed by atoms with E-state index in [2.05, 4.69) is 22.0 Å². The van der Waals surface area contributed by atoms with Gasteiger partial charge in [0, 0.05) is 36.8 Å². The van der Waals surface area contributed by atoms with Crippen molar-refractivity contribution < 1.29 is 5.11 Å². The molecule has 4 nitrogen and oxygen atoms in total. The molecule has 2 N–H and O–H groups in total. The van der Waals surface area contributed by atoms with Crippen molar-refractivity contribution in [3.63, 3.8) is 0 Å². The van der Waals surface area contributed by atoms with Crippen molar-refractivity contribution in [2.24, 2.45) is 11.8 Å². The highest BCUT2D eigenvalue weighted by atomic mass is 16.3. The van der Waals surface area contributed by atoms with Crippen LogP contribution in [0.1, 0.15) is 75.5 Å². The summed E-state index contributed by atoms with van der Waals surface area (Å²) < 4.78 is 0. The molecule has 1 aromatic heterocycles. The zero-order valence-corrected chi connectivity index (χ0v) is 14.4. The number of hydrogen-bond donors (Lipinski definition) is 2. The second kappa shape index (κ2) is 6.21. The molecule has 0 bridgehead atoms. The molecule has 0 amide bonds. The number of aromatic nitrogens is 2. The molecule has 1 aromatic rings. The standard InChI is InChI=1S/C19H31N3O/c1-14-12-22(10-9-19(14,23)17-7-8-17)13-16-11-20-21-18(16)15-5-3-2-4-6-15/h11,14-15,17,23H,2-10,12-13H2,1H3,(H,20,21). The molecule has 2 unspecified atom stereocenters. The van der Waals surface area contributed by atoms with Crippen molar-refractivity contribution in [3.05, 3.63) is 17.5 Å². The fourth-order valence-electron chi connectivity index (χ4n) is 4.99. The number of rotatable bonds is 4. The Morgan fingerprint density at radius 1 is 1.26 bits per heavy atom. The van der Waals surface area contributed by atoms with Gasteiger partial charge in [-0.1, -0.05) is 26.2 Å². The van der Waals surface area contributed by atoms with Gasteiger partial charge < -0.3 is 5.11 Å². The first-order chi connectivity index (χ1) is 11.2. The van der Waals surface area contributed by atoms with Gasteiger partial charge in [-0.2, -0.15) is 5.10 Å². The van der Waals surface area contributed by atoms with Gasteiger partial charge in [-0.25, -0.2) is 0 Å². The van der Waals surface area contributed by atoms with Crippen LogP contribution >= 0.6 is 0 Å². The summed E-state index contributed by atoms with van der Waals surface area (Å²) >= 11 is 0. The molecule has 0 aromatic carbocycles. The molecule has 0 spiro atoms. The average Bonchev–Trinajstić information content (AvgIpc) is 3.33. The maximum Gasteiger partial charge on any atom is 0.0725 e. The molecule has 23 heavy (non-hydrogen) atoms. The summed E-state index contributed by atoms with van der Waals surface area (Å²) in [6.07, 6.45) is 12.2. The van der Waals surface area contributed by atoms with E-state index in [4.69, 9.17) is 0 Å². The number of aromatic amines is 1. The van der Waals surface area contributed by atoms with Crippen LogP contribution in [0.4, 0.5) is 0 Å². The molecule has 2 heterocycles. The summed E-state index contributed by atoms with van der Waals surface area (Å²) in [7, 11) is 0. The first kappa shape index (κ1) is 15.6. The zero-order valence-electron chi connectivity index (χ0n) is 14.4. The lowest BCUT2D eigenvalue weighted by Gasteiger charge is -2.43. The van der Waals surface area contributed by atoms with E-state index in [1.54, 1.807) is 0 Å². The largest absolute Gasteiger partial charge is 0.389 e. The minimum atomic E-state index is -0.390. The minimum absolute atomic E-state index is 0.383. The molecule has 3 aliphatic rings. The molecule has 2 atom stereocenters. The highest BCUT2D eigenvalue weighted by molar-refractivity contribution is 5.21. The number of likely N-dealkylation sites (tertiary alicyclic amines) is 1. The van der Waals surface area contributed by atoms with Gasteiger partial charge in [0.05, 0.1) is 11.8 Å². The Labute approximate surface area is 139 Å². The van der Waals surface area contributed by atoms with Crippen LogP contribution in [-0.2, 0) is 6.54 Å². The SMILES string of the molecule is CC1CN(Cc2cn[nH]c2C2CCCCC2)CCC1(O)C1CC1. The number of piperidine rings is 1. The van der Waals surface area contributed by atoms with Crippen molar-refractivity contribution in [1.29, 1.82) is 0 Å². The normalized spacial score (nSPS) is 33.9. The zero-order chi connectivity index (χ0) is 15.9. The highest BCUT2D eigenvalue weighted by Crippen LogP contribution is 2.47. The van der Waals surface area contributed by atoms with Crippen LogP contribution in [0.2, 0.25) is 0 Å². The molecule has 4 rings (SSSR count). The minimum Gasteiger partial charge on any atom is -0.389 e. The Kier molecular flexibility index (Phi) is 4.22. The Morgan fingerprint density at radius 3 is 2.74 bits per heavy atom. The molecule has 2 aliphatic carbocycles. The molecular formula is C19H31N3O. The number of H-pyrrole nitrogens is 1. The van der Waals surface area contributed by atoms with Gasteiger partial charge in [0.15, 0.2) is 0 Å². The second-order valence-electron chi connectivity index (χ2n) is 8.30. The fourth-order valence-corrected chi connectivity index (χ4v) is 4.99. The lowest BCUT2D eigenvalue weighted by molar-refractivity contribution is -0.0833. The van der Waals surface area contributed by atoms with Crippen LogP contribution in [0.25, 0.3) is 0 Å². The van der Waals surface area contributed by atoms with E-state index in [1.807, 2.05) is 6.20 Å². The van der Waals surface area contributed by atoms with Gasteiger partial charge in [0.2, 0.25) is 0 Å². The van der Waals surface area contributed by atoms with Crippen LogP contribution in [0.15, 0.2) is 6.20 Å². The Balaban J connectivity index is 1.40. The second-order valence-corrected chi connectivity index (χ2v) is 8.30. The van der Waals surface area contributed by atoms with E-state index in [-0.39, 0.29) is 5.60 Å². The van der Waals surface area contributed by atoms with Gasteiger partial charge in [-0.05, 0) is 43.9 Å². The molecule has 2 saturated carbocycles. The smallest absolute Gasteiger partial charge is 0.0725 e. The molecule has 4 heteroatoms. The molecule has 1 aliphatic heterocycles. The Bertz CT molecular complexity index is 532. The molecular weight excluding hydrogens is 286 g/mol. The number of nitrogens with one attached hydrogen (secondary N) is 1. The van der Waals surface area contributed by atoms with Gasteiger partial charge in [0.25, 0.3) is 0 Å². The summed E-state index contributed by atoms with van der Waals surface area (Å²) in [5.74, 6) is 1.65. The first-order valence-electron chi connectivity index (χ1n) is 9.63. The average molecular weight is 317 g/mol. The van der Waals surface area contributed by atoms with E-state index in [0.717, 1.165) is 26.1 Å². The predicted octanol–water partition coefficient (Wildman–Crippen LogP) is 3.44. The summed E-state index contributed by atoms with van der Waals surface area (Å²) in [4.78, 5) is 2.53. The van der Waals surface area contributed by atoms with E-state index >= 15 is 0 Å². The summed E-state index contributed by atoms with van der Waals surface area (Å²) in [5, 5.41) is 18.6. The molecule has 0 radical (unpaired) electrons. The van der Waals surface area contributed by atoms with E-state index in [9.17, 15) is 5.11 Å². The molecule has 3 fully saturated rings. The van der Waals surface area contributed by atoms with Crippen LogP contribution in [0.5, 0.6) is 0 Å². The Morgan fingerprint density at radius 2 is 2.04 bits per heavy atom. The number of aliphatic hydroxyl groups is 1. The van der Waals surface area contributed by atoms with E-state index in [0.29, 0.717) is 17.8 Å². The van der Waals surface area contributed by atoms with Gasteiger partial charge in [-0.3, -0.25) is 10.00 Å². The van der Waals surface area contributed by atoms with Crippen molar-refractivity contribution in [2.75, 3.05) is 13.1 Å². The van der Waals surface area contributed by atoms with Crippen LogP contribution in [0.3, 0.4) is 0 Å². The van der Waals surface area contributed by atoms with Gasteiger partial charge in [0.1, 0.15) is 0 Å². The predicted molar refractivity (Wildman–Crippen MR) is 91.1 cm³/mol. The summed E-state index contributed by atoms with van der Waals surface area (Å²) in [6.45, 7) is 5.27. The third-order valence-corrected chi connectivity index (χ3v) is 6.66. The van der Waals surface area contributed by atoms with Crippen LogP contribution in [0, 0.1) is 11.8 Å². The van der Waals surface area contributed by atoms with E-state index < -0.39 is 0 Å². The van der Waals surface area contributed by atoms with Crippen molar-refractivity contribution in [2.45, 2.75) is 76.4 Å². The molecule has 128 valence electrons. The topological polar surface area (TPSA) is 52.2 Å². The summed E-state index contributed by atoms with van der Waals surface area (Å²) in [6, 6.07) is 0. The third kappa shape index (κ3) is 3.08. The maximum absolute atomic E-state index is 10.9. The van der Waals surface area contributed by atoms with Crippen LogP contribution in [-0.4, -0.2) is 38.9 Å². The highest BCUT2D eigenvalue weighted by Gasteiger charge is 2.49. The third-order valence-electron chi connectivity index (χ3n) is 6.66. The summed E-state index contributed by atoms with van der Waals surface area (Å²) in [5.41, 5.74) is 2.39. The monoisotopic (exact) mass is 317 g/mol. The molecule has 1 saturated heterocycles. The number of nitrogens with zero attached hydrogens (tertiary/aromatic N) is 2. The fraction of sp³-hybridized carbons (Fsp3) is 0.842. The lowest BCUT2D eigenvalue weighted by atomic mass is 9.78. The van der Waals surface area contributed by atoms with Crippen LogP contribution < -0.4 is 0 Å². The number of hydrogen-bond acceptors (Lipinski definition) is 3. The van der Waals surface area contributed by atoms with Gasteiger partial charge in [-0.15, -0.1) is 0 Å². The Hall–Kier alpha value is -0.870. The van der Waals surface area contributed by atoms with Crippen molar-refractivity contribution >= 4 is 0 Å². The lowest BCUT2D eigenvalue weighted by Crippen LogP contribution is -2.51. The van der Waals surface area contributed by atoms with E-state index in [1.165, 1.54) is 56.2 Å². The first-order valence-corrected chi connectivity index (χ1v) is 9.63. The van der Waals surface area contributed by atoms with Crippen molar-refractivity contribution in [1.82, 2.24) is 15.1 Å². The quantitative estimate of drug-likeness (QED) is 0.894. The van der Waals surface area contributed by atoms with Crippen molar-refractivity contribution in [3.8, 4) is 0 Å².